The molecular weight excluding hydrogens is 240 g/mol. The lowest BCUT2D eigenvalue weighted by Crippen LogP contribution is -1.96. The van der Waals surface area contributed by atoms with E-state index in [0.29, 0.717) is 17.1 Å². The van der Waals surface area contributed by atoms with Crippen molar-refractivity contribution < 1.29 is 14.3 Å². The number of hydrogen-bond acceptors (Lipinski definition) is 5. The van der Waals surface area contributed by atoms with Gasteiger partial charge in [-0.1, -0.05) is 6.07 Å². The summed E-state index contributed by atoms with van der Waals surface area (Å²) in [6, 6.07) is 5.23. The van der Waals surface area contributed by atoms with E-state index in [1.54, 1.807) is 0 Å². The van der Waals surface area contributed by atoms with Crippen LogP contribution in [0, 0.1) is 0 Å². The van der Waals surface area contributed by atoms with Gasteiger partial charge in [-0.05, 0) is 17.5 Å². The Labute approximate surface area is 99.4 Å². The second-order valence-electron chi connectivity index (χ2n) is 3.35. The quantitative estimate of drug-likeness (QED) is 0.752. The molecule has 0 aliphatic rings. The van der Waals surface area contributed by atoms with E-state index < -0.39 is 5.97 Å². The van der Waals surface area contributed by atoms with E-state index in [-0.39, 0.29) is 5.56 Å². The normalized spacial score (nSPS) is 10.8. The van der Waals surface area contributed by atoms with Gasteiger partial charge in [0.2, 0.25) is 11.6 Å². The molecule has 0 saturated heterocycles. The molecule has 0 aliphatic heterocycles. The van der Waals surface area contributed by atoms with Crippen LogP contribution in [0.3, 0.4) is 0 Å². The average Bonchev–Trinajstić information content (AvgIpc) is 2.96. The van der Waals surface area contributed by atoms with Gasteiger partial charge >= 0.3 is 5.97 Å². The maximum atomic E-state index is 10.8. The molecule has 0 amide bonds. The van der Waals surface area contributed by atoms with Gasteiger partial charge in [-0.15, -0.1) is 11.3 Å². The highest BCUT2D eigenvalue weighted by molar-refractivity contribution is 7.13. The summed E-state index contributed by atoms with van der Waals surface area (Å²) in [6.45, 7) is 0. The first-order valence-corrected chi connectivity index (χ1v) is 5.66. The van der Waals surface area contributed by atoms with Crippen LogP contribution in [0.2, 0.25) is 0 Å². The van der Waals surface area contributed by atoms with E-state index in [0.717, 1.165) is 4.88 Å². The second kappa shape index (κ2) is 3.67. The molecule has 5 nitrogen and oxygen atoms in total. The Kier molecular flexibility index (Phi) is 2.15. The van der Waals surface area contributed by atoms with E-state index in [1.165, 1.54) is 23.6 Å². The van der Waals surface area contributed by atoms with Crippen LogP contribution in [0.1, 0.15) is 10.4 Å². The molecule has 0 bridgehead atoms. The number of oxazole rings is 1. The van der Waals surface area contributed by atoms with Gasteiger partial charge in [0.25, 0.3) is 0 Å². The van der Waals surface area contributed by atoms with Crippen LogP contribution in [-0.4, -0.2) is 21.0 Å². The first-order valence-electron chi connectivity index (χ1n) is 4.78. The van der Waals surface area contributed by atoms with E-state index >= 15 is 0 Å². The van der Waals surface area contributed by atoms with Crippen molar-refractivity contribution in [3.63, 3.8) is 0 Å². The lowest BCUT2D eigenvalue weighted by Gasteiger charge is -1.90. The number of thiophene rings is 1. The third-order valence-corrected chi connectivity index (χ3v) is 3.08. The summed E-state index contributed by atoms with van der Waals surface area (Å²) < 4.78 is 5.44. The van der Waals surface area contributed by atoms with Crippen LogP contribution >= 0.6 is 11.3 Å². The van der Waals surface area contributed by atoms with Gasteiger partial charge in [-0.3, -0.25) is 0 Å². The fourth-order valence-corrected chi connectivity index (χ4v) is 2.09. The molecule has 84 valence electrons. The predicted molar refractivity (Wildman–Crippen MR) is 62.1 cm³/mol. The summed E-state index contributed by atoms with van der Waals surface area (Å²) in [7, 11) is 0. The smallest absolute Gasteiger partial charge is 0.337 e. The number of hydrogen-bond donors (Lipinski definition) is 1. The summed E-state index contributed by atoms with van der Waals surface area (Å²) in [5.41, 5.74) is 0.898. The summed E-state index contributed by atoms with van der Waals surface area (Å²) in [4.78, 5) is 19.8. The molecule has 0 aromatic carbocycles. The van der Waals surface area contributed by atoms with Crippen LogP contribution < -0.4 is 0 Å². The standard InChI is InChI=1S/C11H6N2O3S/c14-11(15)6-4-7-9(12-5-6)16-10(13-7)8-2-1-3-17-8/h1-5H,(H,14,15). The summed E-state index contributed by atoms with van der Waals surface area (Å²) in [6.07, 6.45) is 1.26. The van der Waals surface area contributed by atoms with Crippen molar-refractivity contribution in [2.75, 3.05) is 0 Å². The summed E-state index contributed by atoms with van der Waals surface area (Å²) in [5.74, 6) is -0.565. The fourth-order valence-electron chi connectivity index (χ4n) is 1.45. The number of pyridine rings is 1. The highest BCUT2D eigenvalue weighted by Gasteiger charge is 2.12. The molecule has 0 fully saturated rings. The Bertz CT molecular complexity index is 688. The molecule has 0 radical (unpaired) electrons. The molecule has 3 aromatic heterocycles. The molecule has 0 spiro atoms. The Morgan fingerprint density at radius 2 is 2.35 bits per heavy atom. The number of fused-ring (bicyclic) bond motifs is 1. The molecule has 3 rings (SSSR count). The Hall–Kier alpha value is -2.21. The summed E-state index contributed by atoms with van der Waals surface area (Å²) in [5, 5.41) is 10.8. The van der Waals surface area contributed by atoms with E-state index in [2.05, 4.69) is 9.97 Å². The number of aromatic carboxylic acids is 1. The van der Waals surface area contributed by atoms with Gasteiger partial charge in [0, 0.05) is 6.20 Å². The van der Waals surface area contributed by atoms with Gasteiger partial charge in [0.05, 0.1) is 10.4 Å². The van der Waals surface area contributed by atoms with Crippen molar-refractivity contribution in [1.82, 2.24) is 9.97 Å². The molecule has 0 saturated carbocycles. The van der Waals surface area contributed by atoms with Crippen molar-refractivity contribution >= 4 is 28.5 Å². The Balaban J connectivity index is 2.16. The number of carbonyl (C=O) groups is 1. The van der Waals surface area contributed by atoms with Crippen molar-refractivity contribution in [2.24, 2.45) is 0 Å². The zero-order valence-corrected chi connectivity index (χ0v) is 9.27. The molecule has 0 aliphatic carbocycles. The van der Waals surface area contributed by atoms with E-state index in [9.17, 15) is 4.79 Å². The maximum absolute atomic E-state index is 10.8. The van der Waals surface area contributed by atoms with Crippen LogP contribution in [-0.2, 0) is 0 Å². The SMILES string of the molecule is O=C(O)c1cnc2oc(-c3cccs3)nc2c1. The summed E-state index contributed by atoms with van der Waals surface area (Å²) >= 11 is 1.50. The zero-order chi connectivity index (χ0) is 11.8. The minimum absolute atomic E-state index is 0.100. The Morgan fingerprint density at radius 1 is 1.47 bits per heavy atom. The molecule has 6 heteroatoms. The minimum Gasteiger partial charge on any atom is -0.478 e. The number of carboxylic acids is 1. The first kappa shape index (κ1) is 9.98. The van der Waals surface area contributed by atoms with Crippen molar-refractivity contribution in [3.05, 3.63) is 35.3 Å². The molecular formula is C11H6N2O3S. The Morgan fingerprint density at radius 3 is 3.06 bits per heavy atom. The monoisotopic (exact) mass is 246 g/mol. The van der Waals surface area contributed by atoms with E-state index in [1.807, 2.05) is 17.5 Å². The van der Waals surface area contributed by atoms with Crippen molar-refractivity contribution in [3.8, 4) is 10.8 Å². The number of carboxylic acid groups (broad SMARTS) is 1. The highest BCUT2D eigenvalue weighted by Crippen LogP contribution is 2.26. The lowest BCUT2D eigenvalue weighted by atomic mass is 10.3. The maximum Gasteiger partial charge on any atom is 0.337 e. The van der Waals surface area contributed by atoms with Gasteiger partial charge in [-0.25, -0.2) is 14.8 Å². The third kappa shape index (κ3) is 1.68. The van der Waals surface area contributed by atoms with Crippen LogP contribution in [0.4, 0.5) is 0 Å². The number of nitrogens with zero attached hydrogens (tertiary/aromatic N) is 2. The second-order valence-corrected chi connectivity index (χ2v) is 4.30. The third-order valence-electron chi connectivity index (χ3n) is 2.23. The number of aromatic nitrogens is 2. The molecule has 3 heterocycles. The predicted octanol–water partition coefficient (Wildman–Crippen LogP) is 2.65. The van der Waals surface area contributed by atoms with Crippen molar-refractivity contribution in [2.45, 2.75) is 0 Å². The van der Waals surface area contributed by atoms with Gasteiger partial charge < -0.3 is 9.52 Å². The van der Waals surface area contributed by atoms with Gasteiger partial charge in [0.1, 0.15) is 5.52 Å². The number of rotatable bonds is 2. The van der Waals surface area contributed by atoms with E-state index in [4.69, 9.17) is 9.52 Å². The van der Waals surface area contributed by atoms with Crippen LogP contribution in [0.25, 0.3) is 22.0 Å². The lowest BCUT2D eigenvalue weighted by molar-refractivity contribution is 0.0696. The minimum atomic E-state index is -1.03. The van der Waals surface area contributed by atoms with Crippen LogP contribution in [0.5, 0.6) is 0 Å². The van der Waals surface area contributed by atoms with Gasteiger partial charge in [-0.2, -0.15) is 0 Å². The average molecular weight is 246 g/mol. The zero-order valence-electron chi connectivity index (χ0n) is 8.45. The fraction of sp³-hybridized carbons (Fsp3) is 0. The molecule has 0 atom stereocenters. The molecule has 17 heavy (non-hydrogen) atoms. The van der Waals surface area contributed by atoms with Gasteiger partial charge in [0.15, 0.2) is 0 Å². The highest BCUT2D eigenvalue weighted by atomic mass is 32.1. The molecule has 1 N–H and O–H groups in total. The van der Waals surface area contributed by atoms with Crippen LogP contribution in [0.15, 0.2) is 34.2 Å². The largest absolute Gasteiger partial charge is 0.478 e. The molecule has 3 aromatic rings. The van der Waals surface area contributed by atoms with Crippen molar-refractivity contribution in [1.29, 1.82) is 0 Å². The first-order chi connectivity index (χ1) is 8.24. The molecule has 0 unspecified atom stereocenters. The topological polar surface area (TPSA) is 76.2 Å².